The van der Waals surface area contributed by atoms with E-state index in [4.69, 9.17) is 29.0 Å². The van der Waals surface area contributed by atoms with Crippen molar-refractivity contribution >= 4 is 89.0 Å². The fraction of sp³-hybridized carbons (Fsp3) is 0.167. The predicted octanol–water partition coefficient (Wildman–Crippen LogP) is 6.69. The van der Waals surface area contributed by atoms with Crippen LogP contribution in [0.25, 0.3) is 10.4 Å². The van der Waals surface area contributed by atoms with E-state index in [0.717, 1.165) is 41.1 Å². The topological polar surface area (TPSA) is 77.4 Å². The van der Waals surface area contributed by atoms with Crippen LogP contribution in [0.2, 0.25) is 0 Å². The van der Waals surface area contributed by atoms with Crippen molar-refractivity contribution in [1.29, 1.82) is 0 Å². The van der Waals surface area contributed by atoms with Gasteiger partial charge >= 0.3 is 7.12 Å². The van der Waals surface area contributed by atoms with Gasteiger partial charge in [0.2, 0.25) is 0 Å². The molecular formula is C24H24BBr2IO6S2. The SMILES string of the molecule is COc1cc(-c2cccs2)cc(OC)c1Br.COc1cc(I)cc(OC)c1Br.OB(O)c1cccs1. The summed E-state index contributed by atoms with van der Waals surface area (Å²) in [6, 6.07) is 15.4. The molecular weight excluding hydrogens is 746 g/mol. The lowest BCUT2D eigenvalue weighted by molar-refractivity contribution is 0.389. The van der Waals surface area contributed by atoms with E-state index in [1.165, 1.54) is 16.2 Å². The molecule has 0 spiro atoms. The van der Waals surface area contributed by atoms with E-state index in [-0.39, 0.29) is 0 Å². The van der Waals surface area contributed by atoms with Gasteiger partial charge in [-0.05, 0) is 101 Å². The Morgan fingerprint density at radius 1 is 0.722 bits per heavy atom. The minimum absolute atomic E-state index is 0.588. The van der Waals surface area contributed by atoms with Crippen LogP contribution in [-0.4, -0.2) is 45.6 Å². The lowest BCUT2D eigenvalue weighted by atomic mass is 9.90. The molecule has 0 bridgehead atoms. The number of ether oxygens (including phenoxy) is 4. The molecule has 0 fully saturated rings. The zero-order valence-corrected chi connectivity index (χ0v) is 26.8. The monoisotopic (exact) mass is 768 g/mol. The molecule has 0 saturated heterocycles. The fourth-order valence-corrected chi connectivity index (χ4v) is 5.71. The van der Waals surface area contributed by atoms with Crippen molar-refractivity contribution in [3.05, 3.63) is 71.8 Å². The molecule has 192 valence electrons. The molecule has 0 aliphatic carbocycles. The van der Waals surface area contributed by atoms with Crippen molar-refractivity contribution in [1.82, 2.24) is 0 Å². The molecule has 0 aliphatic rings. The number of thiophene rings is 2. The van der Waals surface area contributed by atoms with Crippen LogP contribution in [0.15, 0.2) is 68.2 Å². The van der Waals surface area contributed by atoms with Gasteiger partial charge in [0.1, 0.15) is 31.9 Å². The average molecular weight is 770 g/mol. The van der Waals surface area contributed by atoms with Crippen LogP contribution >= 0.6 is 77.1 Å². The van der Waals surface area contributed by atoms with Crippen molar-refractivity contribution in [3.8, 4) is 33.4 Å². The van der Waals surface area contributed by atoms with Crippen LogP contribution in [0.1, 0.15) is 0 Å². The highest BCUT2D eigenvalue weighted by Crippen LogP contribution is 2.40. The van der Waals surface area contributed by atoms with Gasteiger partial charge in [0, 0.05) is 13.2 Å². The number of rotatable bonds is 6. The van der Waals surface area contributed by atoms with Gasteiger partial charge < -0.3 is 29.0 Å². The Balaban J connectivity index is 0.000000202. The summed E-state index contributed by atoms with van der Waals surface area (Å²) in [6.07, 6.45) is 0. The maximum atomic E-state index is 8.48. The summed E-state index contributed by atoms with van der Waals surface area (Å²) in [7, 11) is 5.27. The first-order chi connectivity index (χ1) is 17.2. The summed E-state index contributed by atoms with van der Waals surface area (Å²) < 4.78 is 24.3. The highest BCUT2D eigenvalue weighted by Gasteiger charge is 2.12. The summed E-state index contributed by atoms with van der Waals surface area (Å²) in [4.78, 5) is 1.20. The number of hydrogen-bond acceptors (Lipinski definition) is 8. The molecule has 0 saturated carbocycles. The maximum absolute atomic E-state index is 8.48. The number of halogens is 3. The molecule has 36 heavy (non-hydrogen) atoms. The lowest BCUT2D eigenvalue weighted by Crippen LogP contribution is -2.26. The van der Waals surface area contributed by atoms with Crippen molar-refractivity contribution in [3.63, 3.8) is 0 Å². The van der Waals surface area contributed by atoms with Crippen LogP contribution in [-0.2, 0) is 0 Å². The van der Waals surface area contributed by atoms with Gasteiger partial charge in [-0.25, -0.2) is 0 Å². The molecule has 2 N–H and O–H groups in total. The lowest BCUT2D eigenvalue weighted by Gasteiger charge is -2.10. The fourth-order valence-electron chi connectivity index (χ4n) is 2.73. The van der Waals surface area contributed by atoms with Gasteiger partial charge in [-0.3, -0.25) is 0 Å². The first-order valence-electron chi connectivity index (χ1n) is 10.2. The van der Waals surface area contributed by atoms with Gasteiger partial charge in [-0.2, -0.15) is 11.3 Å². The second-order valence-electron chi connectivity index (χ2n) is 6.69. The first kappa shape index (κ1) is 30.9. The second-order valence-corrected chi connectivity index (χ2v) is 11.4. The largest absolute Gasteiger partial charge is 0.499 e. The second kappa shape index (κ2) is 15.8. The third-order valence-electron chi connectivity index (χ3n) is 4.46. The first-order valence-corrected chi connectivity index (χ1v) is 14.6. The van der Waals surface area contributed by atoms with Crippen LogP contribution in [0.3, 0.4) is 0 Å². The molecule has 2 aromatic carbocycles. The summed E-state index contributed by atoms with van der Waals surface area (Å²) in [6.45, 7) is 0. The molecule has 0 atom stereocenters. The number of hydrogen-bond donors (Lipinski definition) is 2. The summed E-state index contributed by atoms with van der Waals surface area (Å²) in [5.74, 6) is 3.14. The third-order valence-corrected chi connectivity index (χ3v) is 8.48. The zero-order valence-electron chi connectivity index (χ0n) is 19.8. The van der Waals surface area contributed by atoms with E-state index < -0.39 is 7.12 Å². The molecule has 0 amide bonds. The Morgan fingerprint density at radius 2 is 1.17 bits per heavy atom. The molecule has 2 heterocycles. The summed E-state index contributed by atoms with van der Waals surface area (Å²) in [5.41, 5.74) is 1.10. The Morgan fingerprint density at radius 3 is 1.50 bits per heavy atom. The number of benzene rings is 2. The Hall–Kier alpha value is -1.29. The molecule has 0 radical (unpaired) electrons. The van der Waals surface area contributed by atoms with E-state index in [1.807, 2.05) is 30.3 Å². The van der Waals surface area contributed by atoms with Crippen LogP contribution in [0.5, 0.6) is 23.0 Å². The molecule has 2 aromatic heterocycles. The Kier molecular flexibility index (Phi) is 13.6. The molecule has 6 nitrogen and oxygen atoms in total. The van der Waals surface area contributed by atoms with E-state index in [1.54, 1.807) is 57.3 Å². The zero-order chi connectivity index (χ0) is 26.7. The van der Waals surface area contributed by atoms with Crippen molar-refractivity contribution in [2.75, 3.05) is 28.4 Å². The van der Waals surface area contributed by atoms with Gasteiger partial charge in [-0.1, -0.05) is 18.2 Å². The quantitative estimate of drug-likeness (QED) is 0.168. The molecule has 12 heteroatoms. The van der Waals surface area contributed by atoms with E-state index in [0.29, 0.717) is 4.78 Å². The predicted molar refractivity (Wildman–Crippen MR) is 165 cm³/mol. The summed E-state index contributed by atoms with van der Waals surface area (Å²) >= 11 is 12.1. The third kappa shape index (κ3) is 8.93. The normalized spacial score (nSPS) is 9.81. The highest BCUT2D eigenvalue weighted by atomic mass is 127. The van der Waals surface area contributed by atoms with Crippen LogP contribution in [0.4, 0.5) is 0 Å². The van der Waals surface area contributed by atoms with E-state index in [2.05, 4.69) is 65.9 Å². The maximum Gasteiger partial charge on any atom is 0.499 e. The average Bonchev–Trinajstić information content (AvgIpc) is 3.61. The molecule has 4 rings (SSSR count). The molecule has 0 aliphatic heterocycles. The molecule has 4 aromatic rings. The summed E-state index contributed by atoms with van der Waals surface area (Å²) in [5, 5.41) is 20.8. The highest BCUT2D eigenvalue weighted by molar-refractivity contribution is 14.1. The van der Waals surface area contributed by atoms with Gasteiger partial charge in [-0.15, -0.1) is 11.3 Å². The minimum atomic E-state index is -1.30. The Bertz CT molecular complexity index is 1160. The Labute approximate surface area is 249 Å². The van der Waals surface area contributed by atoms with Gasteiger partial charge in [0.15, 0.2) is 0 Å². The van der Waals surface area contributed by atoms with Crippen LogP contribution in [0, 0.1) is 3.57 Å². The number of methoxy groups -OCH3 is 4. The van der Waals surface area contributed by atoms with Crippen molar-refractivity contribution in [2.24, 2.45) is 0 Å². The minimum Gasteiger partial charge on any atom is -0.495 e. The van der Waals surface area contributed by atoms with Crippen molar-refractivity contribution in [2.45, 2.75) is 0 Å². The standard InChI is InChI=1S/C12H11BrO2S.C8H8BrIO2.C4H5BO2S/c1-14-9-6-8(11-4-3-5-16-11)7-10(15-2)12(9)13;1-11-6-3-5(10)4-7(12-2)8(6)9;6-5(7)4-2-1-3-8-4/h3-7H,1-2H3;3-4H,1-2H3;1-3,6-7H. The molecule has 0 unspecified atom stereocenters. The van der Waals surface area contributed by atoms with E-state index >= 15 is 0 Å². The van der Waals surface area contributed by atoms with Crippen LogP contribution < -0.4 is 23.7 Å². The van der Waals surface area contributed by atoms with E-state index in [9.17, 15) is 0 Å². The van der Waals surface area contributed by atoms with Gasteiger partial charge in [0.25, 0.3) is 0 Å². The van der Waals surface area contributed by atoms with Crippen molar-refractivity contribution < 1.29 is 29.0 Å². The van der Waals surface area contributed by atoms with Gasteiger partial charge in [0.05, 0.1) is 28.4 Å². The smallest absolute Gasteiger partial charge is 0.495 e.